The van der Waals surface area contributed by atoms with Gasteiger partial charge in [0.25, 0.3) is 0 Å². The minimum atomic E-state index is -0.579. The Morgan fingerprint density at radius 1 is 0.714 bits per heavy atom. The maximum absolute atomic E-state index is 12.9. The fourth-order valence-electron chi connectivity index (χ4n) is 10.3. The van der Waals surface area contributed by atoms with Gasteiger partial charge in [-0.1, -0.05) is 24.3 Å². The average Bonchev–Trinajstić information content (AvgIpc) is 3.76. The minimum Gasteiger partial charge on any atom is -0.459 e. The van der Waals surface area contributed by atoms with Crippen LogP contribution in [0.4, 0.5) is 0 Å². The van der Waals surface area contributed by atoms with Crippen LogP contribution >= 0.6 is 0 Å². The molecule has 0 radical (unpaired) electrons. The van der Waals surface area contributed by atoms with Crippen LogP contribution in [0, 0.1) is 64.6 Å². The standard InChI is InChI=1S/C21H30O2.C9H8O3.C4H2O3/c1-20(2,23-19(22)18-9-13-3-4-17(18)8-13)21-10-14-5-15(11-21)7-16(6-14)12-21;10-8-6-4-1-2-5(3-4)7(6)9(11)12-8;5-3-1-2-4(6)7-3/h3-4,13-18H,5-12H2,1-2H3;1-2,4-7H,3H2;1-2H/t;4-,5+,6?,7?;. The van der Waals surface area contributed by atoms with Crippen LogP contribution in [0.1, 0.15) is 71.6 Å². The normalized spacial score (nSPS) is 44.0. The second-order valence-corrected chi connectivity index (χ2v) is 14.8. The predicted octanol–water partition coefficient (Wildman–Crippen LogP) is 4.87. The van der Waals surface area contributed by atoms with E-state index in [2.05, 4.69) is 35.5 Å². The van der Waals surface area contributed by atoms with E-state index in [1.807, 2.05) is 12.2 Å². The van der Waals surface area contributed by atoms with Crippen LogP contribution < -0.4 is 0 Å². The molecule has 1 saturated heterocycles. The number of fused-ring (bicyclic) bond motifs is 7. The molecule has 8 aliphatic carbocycles. The monoisotopic (exact) mass is 576 g/mol. The molecule has 0 aromatic rings. The first kappa shape index (κ1) is 27.8. The number of hydrogen-bond donors (Lipinski definition) is 0. The third-order valence-corrected chi connectivity index (χ3v) is 12.0. The van der Waals surface area contributed by atoms with Crippen LogP contribution in [0.15, 0.2) is 36.5 Å². The SMILES string of the molecule is CC(C)(OC(=O)C1CC2C=CC1C2)C12CC3CC(CC(C3)C1)C2.O=C1C=CC(=O)O1.O=C1OC(=O)C2C1[C@@H]1C=C[C@H]2C1. The molecule has 10 aliphatic rings. The summed E-state index contributed by atoms with van der Waals surface area (Å²) in [5.74, 6) is 2.55. The predicted molar refractivity (Wildman–Crippen MR) is 149 cm³/mol. The Balaban J connectivity index is 0.000000125. The van der Waals surface area contributed by atoms with Crippen LogP contribution in [-0.4, -0.2) is 35.4 Å². The Morgan fingerprint density at radius 3 is 1.67 bits per heavy atom. The Bertz CT molecular complexity index is 1220. The third kappa shape index (κ3) is 4.69. The van der Waals surface area contributed by atoms with Crippen LogP contribution in [0.3, 0.4) is 0 Å². The Hall–Kier alpha value is -3.03. The smallest absolute Gasteiger partial charge is 0.338 e. The van der Waals surface area contributed by atoms with Crippen molar-refractivity contribution in [3.8, 4) is 0 Å². The molecule has 2 aliphatic heterocycles. The molecule has 5 unspecified atom stereocenters. The first-order valence-electron chi connectivity index (χ1n) is 15.8. The molecule has 0 aromatic heterocycles. The second kappa shape index (κ2) is 10.0. The van der Waals surface area contributed by atoms with E-state index >= 15 is 0 Å². The molecule has 10 rings (SSSR count). The van der Waals surface area contributed by atoms with Crippen LogP contribution in [0.2, 0.25) is 0 Å². The van der Waals surface area contributed by atoms with Crippen molar-refractivity contribution in [3.05, 3.63) is 36.5 Å². The summed E-state index contributed by atoms with van der Waals surface area (Å²) in [4.78, 5) is 55.1. The molecule has 2 heterocycles. The van der Waals surface area contributed by atoms with E-state index in [4.69, 9.17) is 4.74 Å². The fraction of sp³-hybridized carbons (Fsp3) is 0.676. The number of hydrogen-bond acceptors (Lipinski definition) is 8. The van der Waals surface area contributed by atoms with Gasteiger partial charge >= 0.3 is 29.8 Å². The van der Waals surface area contributed by atoms with Gasteiger partial charge in [-0.2, -0.15) is 0 Å². The summed E-state index contributed by atoms with van der Waals surface area (Å²) < 4.78 is 14.8. The lowest BCUT2D eigenvalue weighted by Gasteiger charge is -2.61. The molecule has 0 N–H and O–H groups in total. The largest absolute Gasteiger partial charge is 0.459 e. The van der Waals surface area contributed by atoms with E-state index in [9.17, 15) is 24.0 Å². The highest BCUT2D eigenvalue weighted by atomic mass is 16.6. The molecule has 224 valence electrons. The van der Waals surface area contributed by atoms with Crippen molar-refractivity contribution in [2.24, 2.45) is 64.6 Å². The Morgan fingerprint density at radius 2 is 1.24 bits per heavy atom. The number of carbonyl (C=O) groups excluding carboxylic acids is 5. The third-order valence-electron chi connectivity index (χ3n) is 12.0. The van der Waals surface area contributed by atoms with Crippen molar-refractivity contribution in [2.75, 3.05) is 0 Å². The lowest BCUT2D eigenvalue weighted by molar-refractivity contribution is -0.202. The number of esters is 5. The van der Waals surface area contributed by atoms with Crippen LogP contribution in [0.5, 0.6) is 0 Å². The summed E-state index contributed by atoms with van der Waals surface area (Å²) in [6.45, 7) is 4.45. The molecule has 0 spiro atoms. The first-order chi connectivity index (χ1) is 20.0. The van der Waals surface area contributed by atoms with Gasteiger partial charge < -0.3 is 14.2 Å². The maximum atomic E-state index is 12.9. The van der Waals surface area contributed by atoms with Gasteiger partial charge in [0.05, 0.1) is 17.8 Å². The van der Waals surface area contributed by atoms with Crippen molar-refractivity contribution in [1.29, 1.82) is 0 Å². The molecule has 8 bridgehead atoms. The van der Waals surface area contributed by atoms with Gasteiger partial charge in [-0.25, -0.2) is 9.59 Å². The van der Waals surface area contributed by atoms with E-state index in [0.717, 1.165) is 42.7 Å². The second-order valence-electron chi connectivity index (χ2n) is 14.8. The zero-order valence-corrected chi connectivity index (χ0v) is 24.4. The van der Waals surface area contributed by atoms with E-state index in [1.54, 1.807) is 0 Å². The highest BCUT2D eigenvalue weighted by molar-refractivity contribution is 6.05. The van der Waals surface area contributed by atoms with Crippen molar-refractivity contribution in [3.63, 3.8) is 0 Å². The fourth-order valence-corrected chi connectivity index (χ4v) is 10.3. The van der Waals surface area contributed by atoms with Gasteiger partial charge in [0.15, 0.2) is 0 Å². The van der Waals surface area contributed by atoms with E-state index in [-0.39, 0.29) is 58.5 Å². The van der Waals surface area contributed by atoms with Crippen molar-refractivity contribution in [2.45, 2.75) is 77.2 Å². The van der Waals surface area contributed by atoms with Crippen molar-refractivity contribution < 1.29 is 38.2 Å². The molecular formula is C34H40O8. The van der Waals surface area contributed by atoms with Gasteiger partial charge in [-0.15, -0.1) is 0 Å². The zero-order chi connectivity index (χ0) is 29.4. The van der Waals surface area contributed by atoms with Gasteiger partial charge in [0.1, 0.15) is 5.60 Å². The van der Waals surface area contributed by atoms with E-state index < -0.39 is 11.9 Å². The van der Waals surface area contributed by atoms with Gasteiger partial charge in [-0.05, 0) is 113 Å². The number of allylic oxidation sites excluding steroid dienone is 4. The van der Waals surface area contributed by atoms with E-state index in [0.29, 0.717) is 11.8 Å². The lowest BCUT2D eigenvalue weighted by Crippen LogP contribution is -2.57. The highest BCUT2D eigenvalue weighted by Gasteiger charge is 2.60. The summed E-state index contributed by atoms with van der Waals surface area (Å²) in [6.07, 6.45) is 22.2. The maximum Gasteiger partial charge on any atom is 0.338 e. The van der Waals surface area contributed by atoms with Crippen molar-refractivity contribution in [1.82, 2.24) is 0 Å². The summed E-state index contributed by atoms with van der Waals surface area (Å²) >= 11 is 0. The molecule has 7 atom stereocenters. The molecule has 0 amide bonds. The molecule has 6 saturated carbocycles. The summed E-state index contributed by atoms with van der Waals surface area (Å²) in [5.41, 5.74) is -0.0174. The minimum absolute atomic E-state index is 0.0996. The Kier molecular flexibility index (Phi) is 6.63. The lowest BCUT2D eigenvalue weighted by atomic mass is 9.46. The van der Waals surface area contributed by atoms with Gasteiger partial charge in [-0.3, -0.25) is 14.4 Å². The first-order valence-corrected chi connectivity index (χ1v) is 15.8. The summed E-state index contributed by atoms with van der Waals surface area (Å²) in [6, 6.07) is 0. The van der Waals surface area contributed by atoms with Crippen LogP contribution in [0.25, 0.3) is 0 Å². The number of ether oxygens (including phenoxy) is 3. The molecule has 42 heavy (non-hydrogen) atoms. The average molecular weight is 577 g/mol. The van der Waals surface area contributed by atoms with Gasteiger partial charge in [0, 0.05) is 17.6 Å². The summed E-state index contributed by atoms with van der Waals surface area (Å²) in [5, 5.41) is 0. The zero-order valence-electron chi connectivity index (χ0n) is 24.4. The number of cyclic esters (lactones) is 4. The number of rotatable bonds is 3. The highest BCUT2D eigenvalue weighted by Crippen LogP contribution is 2.64. The molecule has 8 heteroatoms. The summed E-state index contributed by atoms with van der Waals surface area (Å²) in [7, 11) is 0. The number of carbonyl (C=O) groups is 5. The molecular weight excluding hydrogens is 536 g/mol. The van der Waals surface area contributed by atoms with Crippen LogP contribution in [-0.2, 0) is 38.2 Å². The molecule has 8 nitrogen and oxygen atoms in total. The molecule has 0 aromatic carbocycles. The topological polar surface area (TPSA) is 113 Å². The Labute approximate surface area is 246 Å². The molecule has 7 fully saturated rings. The van der Waals surface area contributed by atoms with Crippen molar-refractivity contribution >= 4 is 29.8 Å². The van der Waals surface area contributed by atoms with Gasteiger partial charge in [0.2, 0.25) is 0 Å². The quantitative estimate of drug-likeness (QED) is 0.202. The van der Waals surface area contributed by atoms with E-state index in [1.165, 1.54) is 44.9 Å².